The Kier molecular flexibility index (Phi) is 2.69. The molecule has 3 N–H and O–H groups in total. The second-order valence-electron chi connectivity index (χ2n) is 5.45. The average Bonchev–Trinajstić information content (AvgIpc) is 2.80. The van der Waals surface area contributed by atoms with Gasteiger partial charge in [-0.1, -0.05) is 29.8 Å². The zero-order chi connectivity index (χ0) is 11.9. The van der Waals surface area contributed by atoms with Gasteiger partial charge >= 0.3 is 0 Å². The van der Waals surface area contributed by atoms with Gasteiger partial charge in [0, 0.05) is 18.8 Å². The van der Waals surface area contributed by atoms with Crippen molar-refractivity contribution in [3.8, 4) is 0 Å². The molecule has 3 nitrogen and oxygen atoms in total. The van der Waals surface area contributed by atoms with Crippen molar-refractivity contribution in [2.24, 2.45) is 0 Å². The molecule has 0 radical (unpaired) electrons. The van der Waals surface area contributed by atoms with Crippen LogP contribution < -0.4 is 16.0 Å². The van der Waals surface area contributed by atoms with Gasteiger partial charge in [-0.3, -0.25) is 10.6 Å². The third kappa shape index (κ3) is 1.79. The summed E-state index contributed by atoms with van der Waals surface area (Å²) in [6.45, 7) is 6.46. The topological polar surface area (TPSA) is 36.1 Å². The van der Waals surface area contributed by atoms with Crippen LogP contribution in [-0.2, 0) is 5.54 Å². The SMILES string of the molecule is Cc1ccc(C2(C)NCCC3NCNC32)cc1. The number of hydrogen-bond donors (Lipinski definition) is 3. The van der Waals surface area contributed by atoms with Crippen LogP contribution in [-0.4, -0.2) is 25.3 Å². The maximum atomic E-state index is 3.70. The van der Waals surface area contributed by atoms with Gasteiger partial charge < -0.3 is 5.32 Å². The number of hydrogen-bond acceptors (Lipinski definition) is 3. The first-order valence-corrected chi connectivity index (χ1v) is 6.49. The zero-order valence-corrected chi connectivity index (χ0v) is 10.6. The lowest BCUT2D eigenvalue weighted by Crippen LogP contribution is -2.62. The molecule has 3 atom stereocenters. The minimum Gasteiger partial charge on any atom is -0.306 e. The molecule has 0 saturated carbocycles. The summed E-state index contributed by atoms with van der Waals surface area (Å²) in [4.78, 5) is 0. The summed E-state index contributed by atoms with van der Waals surface area (Å²) in [7, 11) is 0. The molecule has 0 amide bonds. The molecule has 2 heterocycles. The third-order valence-corrected chi connectivity index (χ3v) is 4.31. The fraction of sp³-hybridized carbons (Fsp3) is 0.571. The van der Waals surface area contributed by atoms with Crippen LogP contribution in [0.3, 0.4) is 0 Å². The molecule has 0 bridgehead atoms. The van der Waals surface area contributed by atoms with Gasteiger partial charge in [0.05, 0.1) is 5.54 Å². The maximum Gasteiger partial charge on any atom is 0.0577 e. The minimum absolute atomic E-state index is 0.0418. The number of fused-ring (bicyclic) bond motifs is 1. The van der Waals surface area contributed by atoms with Crippen LogP contribution in [0.15, 0.2) is 24.3 Å². The van der Waals surface area contributed by atoms with Crippen molar-refractivity contribution in [2.75, 3.05) is 13.2 Å². The van der Waals surface area contributed by atoms with Crippen molar-refractivity contribution in [3.63, 3.8) is 0 Å². The van der Waals surface area contributed by atoms with Crippen LogP contribution in [0.4, 0.5) is 0 Å². The predicted molar refractivity (Wildman–Crippen MR) is 69.9 cm³/mol. The Morgan fingerprint density at radius 2 is 1.94 bits per heavy atom. The van der Waals surface area contributed by atoms with Crippen LogP contribution in [0.2, 0.25) is 0 Å². The second-order valence-corrected chi connectivity index (χ2v) is 5.45. The van der Waals surface area contributed by atoms with Gasteiger partial charge in [-0.25, -0.2) is 0 Å². The van der Waals surface area contributed by atoms with Crippen molar-refractivity contribution >= 4 is 0 Å². The van der Waals surface area contributed by atoms with Crippen LogP contribution >= 0.6 is 0 Å². The van der Waals surface area contributed by atoms with Crippen LogP contribution in [0.5, 0.6) is 0 Å². The van der Waals surface area contributed by atoms with E-state index < -0.39 is 0 Å². The number of piperidine rings is 1. The Morgan fingerprint density at radius 3 is 2.71 bits per heavy atom. The number of rotatable bonds is 1. The Balaban J connectivity index is 1.95. The standard InChI is InChI=1S/C14H21N3/c1-10-3-5-11(6-4-10)14(2)13-12(7-8-17-14)15-9-16-13/h3-6,12-13,15-17H,7-9H2,1-2H3. The first kappa shape index (κ1) is 11.2. The lowest BCUT2D eigenvalue weighted by molar-refractivity contribution is 0.207. The molecule has 2 saturated heterocycles. The second kappa shape index (κ2) is 4.09. The normalized spacial score (nSPS) is 36.8. The van der Waals surface area contributed by atoms with E-state index in [0.29, 0.717) is 12.1 Å². The highest BCUT2D eigenvalue weighted by Gasteiger charge is 2.45. The molecule has 2 aliphatic rings. The molecule has 3 heteroatoms. The Hall–Kier alpha value is -0.900. The first-order valence-electron chi connectivity index (χ1n) is 6.49. The average molecular weight is 231 g/mol. The molecular weight excluding hydrogens is 210 g/mol. The maximum absolute atomic E-state index is 3.70. The van der Waals surface area contributed by atoms with E-state index in [-0.39, 0.29) is 5.54 Å². The number of benzene rings is 1. The minimum atomic E-state index is 0.0418. The summed E-state index contributed by atoms with van der Waals surface area (Å²) in [6.07, 6.45) is 1.21. The van der Waals surface area contributed by atoms with Crippen LogP contribution in [0, 0.1) is 6.92 Å². The highest BCUT2D eigenvalue weighted by atomic mass is 15.3. The zero-order valence-electron chi connectivity index (χ0n) is 10.6. The van der Waals surface area contributed by atoms with Gasteiger partial charge in [0.15, 0.2) is 0 Å². The summed E-state index contributed by atoms with van der Waals surface area (Å²) in [6, 6.07) is 10.00. The van der Waals surface area contributed by atoms with E-state index in [4.69, 9.17) is 0 Å². The first-order chi connectivity index (χ1) is 8.20. The monoisotopic (exact) mass is 231 g/mol. The molecule has 0 spiro atoms. The summed E-state index contributed by atoms with van der Waals surface area (Å²) in [5.41, 5.74) is 2.75. The predicted octanol–water partition coefficient (Wildman–Crippen LogP) is 1.09. The molecule has 0 aliphatic carbocycles. The van der Waals surface area contributed by atoms with E-state index in [0.717, 1.165) is 13.2 Å². The molecular formula is C14H21N3. The summed E-state index contributed by atoms with van der Waals surface area (Å²) >= 11 is 0. The van der Waals surface area contributed by atoms with Crippen LogP contribution in [0.1, 0.15) is 24.5 Å². The van der Waals surface area contributed by atoms with Crippen molar-refractivity contribution < 1.29 is 0 Å². The van der Waals surface area contributed by atoms with Crippen LogP contribution in [0.25, 0.3) is 0 Å². The van der Waals surface area contributed by atoms with Gasteiger partial charge in [0.2, 0.25) is 0 Å². The fourth-order valence-corrected chi connectivity index (χ4v) is 3.21. The molecule has 2 aliphatic heterocycles. The lowest BCUT2D eigenvalue weighted by atomic mass is 9.77. The van der Waals surface area contributed by atoms with Crippen molar-refractivity contribution in [2.45, 2.75) is 37.9 Å². The number of aryl methyl sites for hydroxylation is 1. The van der Waals surface area contributed by atoms with Crippen molar-refractivity contribution in [1.29, 1.82) is 0 Å². The van der Waals surface area contributed by atoms with Crippen molar-refractivity contribution in [1.82, 2.24) is 16.0 Å². The third-order valence-electron chi connectivity index (χ3n) is 4.31. The summed E-state index contributed by atoms with van der Waals surface area (Å²) in [5.74, 6) is 0. The highest BCUT2D eigenvalue weighted by Crippen LogP contribution is 2.32. The fourth-order valence-electron chi connectivity index (χ4n) is 3.21. The molecule has 2 fully saturated rings. The molecule has 1 aromatic carbocycles. The van der Waals surface area contributed by atoms with E-state index in [9.17, 15) is 0 Å². The van der Waals surface area contributed by atoms with Crippen molar-refractivity contribution in [3.05, 3.63) is 35.4 Å². The molecule has 0 aromatic heterocycles. The largest absolute Gasteiger partial charge is 0.306 e. The molecule has 3 rings (SSSR count). The lowest BCUT2D eigenvalue weighted by Gasteiger charge is -2.44. The Labute approximate surface area is 103 Å². The molecule has 92 valence electrons. The van der Waals surface area contributed by atoms with Gasteiger partial charge in [-0.05, 0) is 32.4 Å². The van der Waals surface area contributed by atoms with E-state index in [2.05, 4.69) is 54.1 Å². The number of nitrogens with one attached hydrogen (secondary N) is 3. The quantitative estimate of drug-likeness (QED) is 0.677. The summed E-state index contributed by atoms with van der Waals surface area (Å²) in [5, 5.41) is 10.8. The highest BCUT2D eigenvalue weighted by molar-refractivity contribution is 5.31. The van der Waals surface area contributed by atoms with E-state index in [1.165, 1.54) is 17.5 Å². The molecule has 3 unspecified atom stereocenters. The smallest absolute Gasteiger partial charge is 0.0577 e. The van der Waals surface area contributed by atoms with E-state index in [1.54, 1.807) is 0 Å². The van der Waals surface area contributed by atoms with Gasteiger partial charge in [0.1, 0.15) is 0 Å². The van der Waals surface area contributed by atoms with Gasteiger partial charge in [-0.2, -0.15) is 0 Å². The van der Waals surface area contributed by atoms with Gasteiger partial charge in [0.25, 0.3) is 0 Å². The molecule has 1 aromatic rings. The Morgan fingerprint density at radius 1 is 1.18 bits per heavy atom. The van der Waals surface area contributed by atoms with E-state index >= 15 is 0 Å². The summed E-state index contributed by atoms with van der Waals surface area (Å²) < 4.78 is 0. The van der Waals surface area contributed by atoms with E-state index in [1.807, 2.05) is 0 Å². The molecule has 17 heavy (non-hydrogen) atoms. The van der Waals surface area contributed by atoms with Gasteiger partial charge in [-0.15, -0.1) is 0 Å². The Bertz CT molecular complexity index is 400.